The number of fused-ring (bicyclic) bond motifs is 2. The molecule has 1 N–H and O–H groups in total. The standard InChI is InChI=1S/C21H22N2O4S2/c1-2-29(25,26)15-10-11-19-18(12-15)23-21(27-19)28-13-20(24)22-17-9-5-7-14-6-3-4-8-16(14)17/h3-4,6,8,10-12,17H,2,5,7,9,13H2,1H3,(H,22,24). The van der Waals surface area contributed by atoms with Crippen molar-refractivity contribution >= 4 is 38.6 Å². The maximum Gasteiger partial charge on any atom is 0.257 e. The van der Waals surface area contributed by atoms with Crippen molar-refractivity contribution in [2.45, 2.75) is 42.3 Å². The van der Waals surface area contributed by atoms with Crippen LogP contribution in [0.15, 0.2) is 57.0 Å². The second-order valence-corrected chi connectivity index (χ2v) is 10.2. The zero-order chi connectivity index (χ0) is 20.4. The van der Waals surface area contributed by atoms with Gasteiger partial charge in [-0.25, -0.2) is 13.4 Å². The molecule has 0 spiro atoms. The third-order valence-corrected chi connectivity index (χ3v) is 7.67. The number of carbonyl (C=O) groups is 1. The van der Waals surface area contributed by atoms with Gasteiger partial charge in [0.1, 0.15) is 5.52 Å². The molecule has 1 heterocycles. The molecule has 3 aromatic rings. The lowest BCUT2D eigenvalue weighted by Gasteiger charge is -2.26. The molecule has 0 saturated heterocycles. The molecular formula is C21H22N2O4S2. The maximum atomic E-state index is 12.5. The number of sulfone groups is 1. The highest BCUT2D eigenvalue weighted by molar-refractivity contribution is 7.99. The molecule has 1 aromatic heterocycles. The molecular weight excluding hydrogens is 408 g/mol. The van der Waals surface area contributed by atoms with Crippen LogP contribution in [0.1, 0.15) is 36.9 Å². The highest BCUT2D eigenvalue weighted by atomic mass is 32.2. The van der Waals surface area contributed by atoms with Crippen molar-refractivity contribution in [2.24, 2.45) is 0 Å². The first-order valence-electron chi connectivity index (χ1n) is 9.59. The molecule has 4 rings (SSSR count). The van der Waals surface area contributed by atoms with Gasteiger partial charge in [0.05, 0.1) is 22.4 Å². The van der Waals surface area contributed by atoms with Gasteiger partial charge in [0.15, 0.2) is 15.4 Å². The molecule has 0 fully saturated rings. The van der Waals surface area contributed by atoms with Crippen molar-refractivity contribution in [3.8, 4) is 0 Å². The van der Waals surface area contributed by atoms with E-state index in [1.807, 2.05) is 12.1 Å². The van der Waals surface area contributed by atoms with Crippen LogP contribution in [0.3, 0.4) is 0 Å². The summed E-state index contributed by atoms with van der Waals surface area (Å²) >= 11 is 1.20. The van der Waals surface area contributed by atoms with E-state index in [0.29, 0.717) is 16.3 Å². The van der Waals surface area contributed by atoms with Gasteiger partial charge in [-0.2, -0.15) is 0 Å². The molecule has 29 heavy (non-hydrogen) atoms. The van der Waals surface area contributed by atoms with E-state index >= 15 is 0 Å². The van der Waals surface area contributed by atoms with Gasteiger partial charge in [-0.1, -0.05) is 43.0 Å². The van der Waals surface area contributed by atoms with E-state index in [1.165, 1.54) is 35.0 Å². The zero-order valence-corrected chi connectivity index (χ0v) is 17.7. The van der Waals surface area contributed by atoms with Gasteiger partial charge < -0.3 is 9.73 Å². The summed E-state index contributed by atoms with van der Waals surface area (Å²) in [5, 5.41) is 3.46. The number of aromatic nitrogens is 1. The molecule has 0 radical (unpaired) electrons. The van der Waals surface area contributed by atoms with Crippen molar-refractivity contribution < 1.29 is 17.6 Å². The molecule has 0 aliphatic heterocycles. The Hall–Kier alpha value is -2.32. The van der Waals surface area contributed by atoms with Crippen molar-refractivity contribution in [3.05, 3.63) is 53.6 Å². The number of aryl methyl sites for hydroxylation is 1. The predicted molar refractivity (Wildman–Crippen MR) is 113 cm³/mol. The van der Waals surface area contributed by atoms with Crippen LogP contribution in [0.4, 0.5) is 0 Å². The second kappa shape index (κ2) is 8.20. The van der Waals surface area contributed by atoms with Crippen LogP contribution in [0.5, 0.6) is 0 Å². The first-order valence-corrected chi connectivity index (χ1v) is 12.2. The summed E-state index contributed by atoms with van der Waals surface area (Å²) in [6, 6.07) is 12.9. The van der Waals surface area contributed by atoms with Crippen LogP contribution in [-0.2, 0) is 21.1 Å². The van der Waals surface area contributed by atoms with Crippen LogP contribution in [0.25, 0.3) is 11.1 Å². The minimum absolute atomic E-state index is 0.0302. The lowest BCUT2D eigenvalue weighted by atomic mass is 9.88. The van der Waals surface area contributed by atoms with Crippen LogP contribution in [0.2, 0.25) is 0 Å². The number of nitrogens with one attached hydrogen (secondary N) is 1. The van der Waals surface area contributed by atoms with E-state index in [0.717, 1.165) is 19.3 Å². The lowest BCUT2D eigenvalue weighted by molar-refractivity contribution is -0.119. The highest BCUT2D eigenvalue weighted by Crippen LogP contribution is 2.30. The number of benzene rings is 2. The SMILES string of the molecule is CCS(=O)(=O)c1ccc2oc(SCC(=O)NC3CCCc4ccccc43)nc2c1. The van der Waals surface area contributed by atoms with E-state index in [4.69, 9.17) is 4.42 Å². The van der Waals surface area contributed by atoms with Gasteiger partial charge in [-0.3, -0.25) is 4.79 Å². The Labute approximate surface area is 174 Å². The first-order chi connectivity index (χ1) is 14.0. The number of carbonyl (C=O) groups excluding carboxylic acids is 1. The molecule has 8 heteroatoms. The fraction of sp³-hybridized carbons (Fsp3) is 0.333. The van der Waals surface area contributed by atoms with Gasteiger partial charge in [0.2, 0.25) is 5.91 Å². The van der Waals surface area contributed by atoms with Crippen LogP contribution < -0.4 is 5.32 Å². The molecule has 152 valence electrons. The predicted octanol–water partition coefficient (Wildman–Crippen LogP) is 3.91. The first kappa shape index (κ1) is 20.0. The molecule has 1 aliphatic rings. The average molecular weight is 431 g/mol. The number of hydrogen-bond donors (Lipinski definition) is 1. The quantitative estimate of drug-likeness (QED) is 0.597. The molecule has 1 unspecified atom stereocenters. The van der Waals surface area contributed by atoms with E-state index < -0.39 is 9.84 Å². The van der Waals surface area contributed by atoms with Gasteiger partial charge in [0, 0.05) is 0 Å². The molecule has 1 aliphatic carbocycles. The highest BCUT2D eigenvalue weighted by Gasteiger charge is 2.22. The van der Waals surface area contributed by atoms with E-state index in [2.05, 4.69) is 22.4 Å². The van der Waals surface area contributed by atoms with Gasteiger partial charge in [0.25, 0.3) is 5.22 Å². The van der Waals surface area contributed by atoms with E-state index in [9.17, 15) is 13.2 Å². The van der Waals surface area contributed by atoms with Gasteiger partial charge in [-0.15, -0.1) is 0 Å². The van der Waals surface area contributed by atoms with Crippen LogP contribution in [-0.4, -0.2) is 30.8 Å². The Morgan fingerprint density at radius 3 is 2.93 bits per heavy atom. The molecule has 0 saturated carbocycles. The normalized spacial score (nSPS) is 16.5. The van der Waals surface area contributed by atoms with Crippen LogP contribution in [0, 0.1) is 0 Å². The molecule has 0 bridgehead atoms. The summed E-state index contributed by atoms with van der Waals surface area (Å²) in [6.07, 6.45) is 3.05. The average Bonchev–Trinajstić information content (AvgIpc) is 3.15. The Kier molecular flexibility index (Phi) is 5.65. The van der Waals surface area contributed by atoms with E-state index in [-0.39, 0.29) is 28.4 Å². The Balaban J connectivity index is 1.41. The summed E-state index contributed by atoms with van der Waals surface area (Å²) in [5.74, 6) is 0.141. The minimum Gasteiger partial charge on any atom is -0.431 e. The third kappa shape index (κ3) is 4.33. The van der Waals surface area contributed by atoms with Gasteiger partial charge >= 0.3 is 0 Å². The number of nitrogens with zero attached hydrogens (tertiary/aromatic N) is 1. The van der Waals surface area contributed by atoms with Gasteiger partial charge in [-0.05, 0) is 48.6 Å². The van der Waals surface area contributed by atoms with Crippen LogP contribution >= 0.6 is 11.8 Å². The van der Waals surface area contributed by atoms with Crippen molar-refractivity contribution in [3.63, 3.8) is 0 Å². The molecule has 2 aromatic carbocycles. The number of thioether (sulfide) groups is 1. The largest absolute Gasteiger partial charge is 0.431 e. The summed E-state index contributed by atoms with van der Waals surface area (Å²) < 4.78 is 29.7. The maximum absolute atomic E-state index is 12.5. The lowest BCUT2D eigenvalue weighted by Crippen LogP contribution is -2.32. The number of amides is 1. The minimum atomic E-state index is -3.30. The fourth-order valence-corrected chi connectivity index (χ4v) is 5.12. The third-order valence-electron chi connectivity index (χ3n) is 5.11. The Morgan fingerprint density at radius 2 is 2.10 bits per heavy atom. The van der Waals surface area contributed by atoms with Crippen molar-refractivity contribution in [1.82, 2.24) is 10.3 Å². The number of rotatable bonds is 6. The summed E-state index contributed by atoms with van der Waals surface area (Å²) in [4.78, 5) is 17.0. The van der Waals surface area contributed by atoms with Crippen molar-refractivity contribution in [2.75, 3.05) is 11.5 Å². The number of oxazole rings is 1. The van der Waals surface area contributed by atoms with Crippen molar-refractivity contribution in [1.29, 1.82) is 0 Å². The second-order valence-electron chi connectivity index (χ2n) is 7.01. The fourth-order valence-electron chi connectivity index (χ4n) is 3.58. The topological polar surface area (TPSA) is 89.3 Å². The smallest absolute Gasteiger partial charge is 0.257 e. The monoisotopic (exact) mass is 430 g/mol. The molecule has 6 nitrogen and oxygen atoms in total. The summed E-state index contributed by atoms with van der Waals surface area (Å²) in [6.45, 7) is 1.60. The zero-order valence-electron chi connectivity index (χ0n) is 16.1. The van der Waals surface area contributed by atoms with E-state index in [1.54, 1.807) is 13.0 Å². The summed E-state index contributed by atoms with van der Waals surface area (Å²) in [5.41, 5.74) is 3.48. The molecule has 1 atom stereocenters. The number of hydrogen-bond acceptors (Lipinski definition) is 6. The molecule has 1 amide bonds. The summed E-state index contributed by atoms with van der Waals surface area (Å²) in [7, 11) is -3.30. The Morgan fingerprint density at radius 1 is 1.28 bits per heavy atom. The Bertz CT molecular complexity index is 1150.